The molecule has 1 saturated heterocycles. The van der Waals surface area contributed by atoms with Crippen molar-refractivity contribution in [1.29, 1.82) is 0 Å². The van der Waals surface area contributed by atoms with Crippen molar-refractivity contribution in [2.24, 2.45) is 5.41 Å². The van der Waals surface area contributed by atoms with E-state index in [0.29, 0.717) is 16.5 Å². The van der Waals surface area contributed by atoms with Crippen LogP contribution < -0.4 is 10.1 Å². The summed E-state index contributed by atoms with van der Waals surface area (Å²) < 4.78 is 11.0. The molecule has 1 saturated carbocycles. The summed E-state index contributed by atoms with van der Waals surface area (Å²) in [5, 5.41) is 3.51. The Morgan fingerprint density at radius 1 is 1.33 bits per heavy atom. The van der Waals surface area contributed by atoms with Gasteiger partial charge in [0.2, 0.25) is 0 Å². The number of carbonyl (C=O) groups excluding carboxylic acids is 1. The molecular weight excluding hydrogens is 328 g/mol. The summed E-state index contributed by atoms with van der Waals surface area (Å²) in [6.07, 6.45) is 5.81. The standard InChI is InChI=1S/C18H25ClN2O3/c1-23-15-7-6-13(19)11-14(15)20-17(22)21-10-4-9-18(12-21)8-3-5-16(18)24-2/h6-7,11,16H,3-5,8-10,12H2,1-2H3,(H,20,22)/t16-,18+/m1/s1. The molecule has 0 bridgehead atoms. The summed E-state index contributed by atoms with van der Waals surface area (Å²) in [5.41, 5.74) is 0.715. The molecule has 1 heterocycles. The SMILES string of the molecule is COc1ccc(Cl)cc1NC(=O)N1CCC[C@@]2(CCC[C@H]2OC)C1. The summed E-state index contributed by atoms with van der Waals surface area (Å²) in [7, 11) is 3.37. The van der Waals surface area contributed by atoms with Crippen molar-refractivity contribution in [3.8, 4) is 5.75 Å². The third kappa shape index (κ3) is 3.33. The second-order valence-electron chi connectivity index (χ2n) is 6.78. The van der Waals surface area contributed by atoms with E-state index in [-0.39, 0.29) is 17.6 Å². The molecule has 24 heavy (non-hydrogen) atoms. The van der Waals surface area contributed by atoms with Crippen molar-refractivity contribution in [1.82, 2.24) is 4.90 Å². The molecule has 2 atom stereocenters. The Morgan fingerprint density at radius 3 is 2.88 bits per heavy atom. The molecule has 0 radical (unpaired) electrons. The van der Waals surface area contributed by atoms with Crippen molar-refractivity contribution in [2.45, 2.75) is 38.2 Å². The van der Waals surface area contributed by atoms with Gasteiger partial charge in [0.05, 0.1) is 18.9 Å². The lowest BCUT2D eigenvalue weighted by atomic mass is 9.76. The van der Waals surface area contributed by atoms with Crippen molar-refractivity contribution >= 4 is 23.3 Å². The maximum Gasteiger partial charge on any atom is 0.321 e. The molecule has 2 amide bonds. The summed E-state index contributed by atoms with van der Waals surface area (Å²) in [4.78, 5) is 14.7. The van der Waals surface area contributed by atoms with Crippen molar-refractivity contribution in [3.63, 3.8) is 0 Å². The molecule has 6 heteroatoms. The topological polar surface area (TPSA) is 50.8 Å². The monoisotopic (exact) mass is 352 g/mol. The zero-order valence-corrected chi connectivity index (χ0v) is 15.1. The highest BCUT2D eigenvalue weighted by Gasteiger charge is 2.46. The van der Waals surface area contributed by atoms with E-state index in [1.165, 1.54) is 6.42 Å². The highest BCUT2D eigenvalue weighted by atomic mass is 35.5. The number of benzene rings is 1. The molecule has 0 unspecified atom stereocenters. The number of piperidine rings is 1. The van der Waals surface area contributed by atoms with E-state index in [4.69, 9.17) is 21.1 Å². The number of amides is 2. The minimum Gasteiger partial charge on any atom is -0.495 e. The molecule has 3 rings (SSSR count). The van der Waals surface area contributed by atoms with E-state index in [1.54, 1.807) is 32.4 Å². The molecule has 1 spiro atoms. The number of rotatable bonds is 3. The quantitative estimate of drug-likeness (QED) is 0.888. The van der Waals surface area contributed by atoms with Gasteiger partial charge < -0.3 is 19.7 Å². The Morgan fingerprint density at radius 2 is 2.12 bits per heavy atom. The van der Waals surface area contributed by atoms with Crippen LogP contribution in [0.4, 0.5) is 10.5 Å². The van der Waals surface area contributed by atoms with Gasteiger partial charge in [-0.1, -0.05) is 18.0 Å². The molecule has 1 N–H and O–H groups in total. The number of anilines is 1. The minimum absolute atomic E-state index is 0.101. The second kappa shape index (κ2) is 7.19. The Hall–Kier alpha value is -1.46. The minimum atomic E-state index is -0.101. The number of urea groups is 1. The Kier molecular flexibility index (Phi) is 5.21. The molecule has 0 aromatic heterocycles. The number of likely N-dealkylation sites (tertiary alicyclic amines) is 1. The number of hydrogen-bond donors (Lipinski definition) is 1. The van der Waals surface area contributed by atoms with Crippen LogP contribution in [0.25, 0.3) is 0 Å². The predicted octanol–water partition coefficient (Wildman–Crippen LogP) is 4.16. The van der Waals surface area contributed by atoms with Crippen LogP contribution in [0, 0.1) is 5.41 Å². The zero-order chi connectivity index (χ0) is 17.2. The van der Waals surface area contributed by atoms with Crippen LogP contribution in [0.15, 0.2) is 18.2 Å². The molecule has 132 valence electrons. The zero-order valence-electron chi connectivity index (χ0n) is 14.3. The Bertz CT molecular complexity index is 610. The van der Waals surface area contributed by atoms with Crippen LogP contribution in [-0.2, 0) is 4.74 Å². The number of nitrogens with zero attached hydrogens (tertiary/aromatic N) is 1. The average Bonchev–Trinajstić information content (AvgIpc) is 2.97. The molecule has 2 aliphatic rings. The molecule has 1 aliphatic heterocycles. The van der Waals surface area contributed by atoms with E-state index in [1.807, 2.05) is 4.90 Å². The Labute approximate surface area is 148 Å². The van der Waals surface area contributed by atoms with Gasteiger partial charge >= 0.3 is 6.03 Å². The lowest BCUT2D eigenvalue weighted by Gasteiger charge is -2.43. The van der Waals surface area contributed by atoms with E-state index >= 15 is 0 Å². The number of hydrogen-bond acceptors (Lipinski definition) is 3. The fraction of sp³-hybridized carbons (Fsp3) is 0.611. The van der Waals surface area contributed by atoms with Crippen LogP contribution >= 0.6 is 11.6 Å². The van der Waals surface area contributed by atoms with Crippen molar-refractivity contribution < 1.29 is 14.3 Å². The molecule has 5 nitrogen and oxygen atoms in total. The second-order valence-corrected chi connectivity index (χ2v) is 7.22. The first kappa shape index (κ1) is 17.4. The van der Waals surface area contributed by atoms with Crippen LogP contribution in [0.1, 0.15) is 32.1 Å². The van der Waals surface area contributed by atoms with Crippen molar-refractivity contribution in [2.75, 3.05) is 32.6 Å². The van der Waals surface area contributed by atoms with Gasteiger partial charge in [-0.3, -0.25) is 0 Å². The van der Waals surface area contributed by atoms with E-state index in [2.05, 4.69) is 5.32 Å². The molecule has 1 aromatic carbocycles. The lowest BCUT2D eigenvalue weighted by Crippen LogP contribution is -2.51. The van der Waals surface area contributed by atoms with Gasteiger partial charge in [-0.15, -0.1) is 0 Å². The van der Waals surface area contributed by atoms with Crippen LogP contribution in [-0.4, -0.2) is 44.3 Å². The lowest BCUT2D eigenvalue weighted by molar-refractivity contribution is -0.0244. The van der Waals surface area contributed by atoms with Gasteiger partial charge in [0, 0.05) is 30.6 Å². The van der Waals surface area contributed by atoms with Gasteiger partial charge in [0.1, 0.15) is 5.75 Å². The van der Waals surface area contributed by atoms with Gasteiger partial charge in [0.25, 0.3) is 0 Å². The first-order valence-corrected chi connectivity index (χ1v) is 8.88. The van der Waals surface area contributed by atoms with Crippen LogP contribution in [0.2, 0.25) is 5.02 Å². The smallest absolute Gasteiger partial charge is 0.321 e. The molecule has 1 aliphatic carbocycles. The third-order valence-electron chi connectivity index (χ3n) is 5.41. The number of carbonyl (C=O) groups is 1. The highest BCUT2D eigenvalue weighted by Crippen LogP contribution is 2.46. The molecule has 2 fully saturated rings. The fourth-order valence-electron chi connectivity index (χ4n) is 4.25. The number of ether oxygens (including phenoxy) is 2. The third-order valence-corrected chi connectivity index (χ3v) is 5.64. The van der Waals surface area contributed by atoms with Gasteiger partial charge in [-0.25, -0.2) is 4.79 Å². The van der Waals surface area contributed by atoms with Gasteiger partial charge in [-0.2, -0.15) is 0 Å². The maximum absolute atomic E-state index is 12.8. The normalized spacial score (nSPS) is 26.6. The van der Waals surface area contributed by atoms with Gasteiger partial charge in [0.15, 0.2) is 0 Å². The van der Waals surface area contributed by atoms with E-state index in [0.717, 1.165) is 38.8 Å². The van der Waals surface area contributed by atoms with Crippen LogP contribution in [0.5, 0.6) is 5.75 Å². The first-order chi connectivity index (χ1) is 11.6. The summed E-state index contributed by atoms with van der Waals surface area (Å²) in [6, 6.07) is 5.11. The van der Waals surface area contributed by atoms with Crippen LogP contribution in [0.3, 0.4) is 0 Å². The summed E-state index contributed by atoms with van der Waals surface area (Å²) >= 11 is 6.04. The fourth-order valence-corrected chi connectivity index (χ4v) is 4.42. The Balaban J connectivity index is 1.72. The van der Waals surface area contributed by atoms with Gasteiger partial charge in [-0.05, 0) is 43.9 Å². The van der Waals surface area contributed by atoms with E-state index in [9.17, 15) is 4.79 Å². The number of halogens is 1. The molecule has 1 aromatic rings. The average molecular weight is 353 g/mol. The molecular formula is C18H25ClN2O3. The maximum atomic E-state index is 12.8. The summed E-state index contributed by atoms with van der Waals surface area (Å²) in [6.45, 7) is 1.52. The van der Waals surface area contributed by atoms with E-state index < -0.39 is 0 Å². The number of methoxy groups -OCH3 is 2. The summed E-state index contributed by atoms with van der Waals surface area (Å²) in [5.74, 6) is 0.607. The number of nitrogens with one attached hydrogen (secondary N) is 1. The highest BCUT2D eigenvalue weighted by molar-refractivity contribution is 6.31. The predicted molar refractivity (Wildman–Crippen MR) is 94.9 cm³/mol. The first-order valence-electron chi connectivity index (χ1n) is 8.50. The largest absolute Gasteiger partial charge is 0.495 e. The van der Waals surface area contributed by atoms with Crippen molar-refractivity contribution in [3.05, 3.63) is 23.2 Å².